The molecular formula is C15H22N4O3. The molecule has 2 heterocycles. The van der Waals surface area contributed by atoms with Crippen molar-refractivity contribution in [2.45, 2.75) is 38.2 Å². The van der Waals surface area contributed by atoms with Crippen LogP contribution in [0.5, 0.6) is 0 Å². The van der Waals surface area contributed by atoms with Crippen LogP contribution in [0.3, 0.4) is 0 Å². The lowest BCUT2D eigenvalue weighted by molar-refractivity contribution is -0.120. The third-order valence-corrected chi connectivity index (χ3v) is 4.23. The molecule has 1 aliphatic rings. The van der Waals surface area contributed by atoms with Crippen LogP contribution in [0.25, 0.3) is 0 Å². The number of carbonyl (C=O) groups is 2. The highest BCUT2D eigenvalue weighted by Crippen LogP contribution is 2.30. The van der Waals surface area contributed by atoms with Crippen LogP contribution in [-0.2, 0) is 9.53 Å². The van der Waals surface area contributed by atoms with Crippen molar-refractivity contribution in [2.24, 2.45) is 5.73 Å². The Labute approximate surface area is 129 Å². The summed E-state index contributed by atoms with van der Waals surface area (Å²) < 4.78 is 5.64. The second kappa shape index (κ2) is 6.83. The minimum absolute atomic E-state index is 0.0988. The molecule has 1 atom stereocenters. The number of aryl methyl sites for hydroxylation is 1. The third-order valence-electron chi connectivity index (χ3n) is 4.23. The summed E-state index contributed by atoms with van der Waals surface area (Å²) in [5.74, 6) is -0.453. The number of hydrogen-bond donors (Lipinski definition) is 1. The summed E-state index contributed by atoms with van der Waals surface area (Å²) in [5, 5.41) is 0. The van der Waals surface area contributed by atoms with Crippen molar-refractivity contribution in [1.82, 2.24) is 14.9 Å². The van der Waals surface area contributed by atoms with E-state index in [1.54, 1.807) is 18.9 Å². The quantitative estimate of drug-likeness (QED) is 0.862. The summed E-state index contributed by atoms with van der Waals surface area (Å²) in [6.45, 7) is 2.90. The fourth-order valence-electron chi connectivity index (χ4n) is 2.87. The Bertz CT molecular complexity index is 563. The fraction of sp³-hybridized carbons (Fsp3) is 0.600. The molecule has 0 aromatic carbocycles. The maximum absolute atomic E-state index is 12.7. The summed E-state index contributed by atoms with van der Waals surface area (Å²) in [5.41, 5.74) is 5.89. The van der Waals surface area contributed by atoms with E-state index in [1.165, 1.54) is 12.5 Å². The second-order valence-corrected chi connectivity index (χ2v) is 5.71. The molecule has 2 N–H and O–H groups in total. The Morgan fingerprint density at radius 3 is 2.91 bits per heavy atom. The molecule has 1 aromatic rings. The number of primary amides is 1. The molecule has 1 saturated heterocycles. The van der Waals surface area contributed by atoms with E-state index < -0.39 is 5.60 Å². The van der Waals surface area contributed by atoms with Crippen molar-refractivity contribution in [1.29, 1.82) is 0 Å². The first-order chi connectivity index (χ1) is 10.5. The molecule has 0 spiro atoms. The second-order valence-electron chi connectivity index (χ2n) is 5.71. The van der Waals surface area contributed by atoms with Gasteiger partial charge in [-0.1, -0.05) is 0 Å². The van der Waals surface area contributed by atoms with Crippen LogP contribution in [-0.4, -0.2) is 52.5 Å². The fourth-order valence-corrected chi connectivity index (χ4v) is 2.87. The molecule has 0 radical (unpaired) electrons. The zero-order valence-corrected chi connectivity index (χ0v) is 13.0. The maximum Gasteiger partial charge on any atom is 0.257 e. The predicted octanol–water partition coefficient (Wildman–Crippen LogP) is 0.672. The first-order valence-electron chi connectivity index (χ1n) is 7.37. The number of likely N-dealkylation sites (tertiary alicyclic amines) is 1. The maximum atomic E-state index is 12.7. The molecule has 22 heavy (non-hydrogen) atoms. The van der Waals surface area contributed by atoms with Crippen molar-refractivity contribution < 1.29 is 14.3 Å². The number of piperidine rings is 1. The Balaban J connectivity index is 2.13. The Morgan fingerprint density at radius 2 is 2.27 bits per heavy atom. The lowest BCUT2D eigenvalue weighted by Gasteiger charge is -2.42. The zero-order valence-electron chi connectivity index (χ0n) is 13.0. The molecule has 120 valence electrons. The van der Waals surface area contributed by atoms with E-state index in [0.29, 0.717) is 30.8 Å². The zero-order chi connectivity index (χ0) is 16.2. The molecule has 1 fully saturated rings. The molecule has 0 aliphatic carbocycles. The van der Waals surface area contributed by atoms with Crippen LogP contribution in [0.1, 0.15) is 41.7 Å². The molecule has 7 nitrogen and oxygen atoms in total. The lowest BCUT2D eigenvalue weighted by atomic mass is 9.87. The van der Waals surface area contributed by atoms with Gasteiger partial charge in [0.25, 0.3) is 5.91 Å². The standard InChI is InChI=1S/C15H22N4O3/c1-11-12(8-17-10-18-11)14(21)19-7-3-5-15(9-19,22-2)6-4-13(16)20/h8,10H,3-7,9H2,1-2H3,(H2,16,20)/t15-/m1/s1. The van der Waals surface area contributed by atoms with Crippen LogP contribution in [0.2, 0.25) is 0 Å². The number of carbonyl (C=O) groups excluding carboxylic acids is 2. The van der Waals surface area contributed by atoms with E-state index in [4.69, 9.17) is 10.5 Å². The monoisotopic (exact) mass is 306 g/mol. The van der Waals surface area contributed by atoms with E-state index in [2.05, 4.69) is 9.97 Å². The Morgan fingerprint density at radius 1 is 1.50 bits per heavy atom. The highest BCUT2D eigenvalue weighted by atomic mass is 16.5. The smallest absolute Gasteiger partial charge is 0.257 e. The molecule has 1 aliphatic heterocycles. The number of amides is 2. The number of rotatable bonds is 5. The summed E-state index contributed by atoms with van der Waals surface area (Å²) in [4.78, 5) is 33.4. The van der Waals surface area contributed by atoms with E-state index in [0.717, 1.165) is 12.8 Å². The van der Waals surface area contributed by atoms with Gasteiger partial charge in [-0.05, 0) is 26.2 Å². The molecule has 7 heteroatoms. The van der Waals surface area contributed by atoms with Crippen molar-refractivity contribution >= 4 is 11.8 Å². The van der Waals surface area contributed by atoms with Gasteiger partial charge >= 0.3 is 0 Å². The normalized spacial score (nSPS) is 21.6. The molecule has 2 amide bonds. The molecule has 0 saturated carbocycles. The van der Waals surface area contributed by atoms with Gasteiger partial charge in [0, 0.05) is 32.8 Å². The lowest BCUT2D eigenvalue weighted by Crippen LogP contribution is -2.51. The summed E-state index contributed by atoms with van der Waals surface area (Å²) in [6, 6.07) is 0. The van der Waals surface area contributed by atoms with Crippen molar-refractivity contribution in [2.75, 3.05) is 20.2 Å². The third kappa shape index (κ3) is 3.59. The molecule has 0 bridgehead atoms. The summed E-state index contributed by atoms with van der Waals surface area (Å²) in [6.07, 6.45) is 5.37. The van der Waals surface area contributed by atoms with E-state index >= 15 is 0 Å². The van der Waals surface area contributed by atoms with Gasteiger partial charge in [0.2, 0.25) is 5.91 Å². The van der Waals surface area contributed by atoms with Crippen LogP contribution >= 0.6 is 0 Å². The van der Waals surface area contributed by atoms with Gasteiger partial charge in [0.1, 0.15) is 6.33 Å². The number of methoxy groups -OCH3 is 1. The van der Waals surface area contributed by atoms with Gasteiger partial charge in [0.05, 0.1) is 16.9 Å². The number of ether oxygens (including phenoxy) is 1. The minimum Gasteiger partial charge on any atom is -0.376 e. The first kappa shape index (κ1) is 16.4. The van der Waals surface area contributed by atoms with Gasteiger partial charge < -0.3 is 15.4 Å². The van der Waals surface area contributed by atoms with Crippen LogP contribution < -0.4 is 5.73 Å². The molecule has 0 unspecified atom stereocenters. The van der Waals surface area contributed by atoms with Gasteiger partial charge in [0.15, 0.2) is 0 Å². The highest BCUT2D eigenvalue weighted by Gasteiger charge is 2.37. The summed E-state index contributed by atoms with van der Waals surface area (Å²) in [7, 11) is 1.62. The van der Waals surface area contributed by atoms with Gasteiger partial charge in [-0.3, -0.25) is 9.59 Å². The number of aromatic nitrogens is 2. The average Bonchev–Trinajstić information content (AvgIpc) is 2.53. The number of nitrogens with zero attached hydrogens (tertiary/aromatic N) is 3. The van der Waals surface area contributed by atoms with Gasteiger partial charge in [-0.2, -0.15) is 0 Å². The van der Waals surface area contributed by atoms with E-state index in [-0.39, 0.29) is 18.2 Å². The van der Waals surface area contributed by atoms with Crippen LogP contribution in [0, 0.1) is 6.92 Å². The number of nitrogens with two attached hydrogens (primary N) is 1. The van der Waals surface area contributed by atoms with Gasteiger partial charge in [-0.15, -0.1) is 0 Å². The topological polar surface area (TPSA) is 98.4 Å². The Kier molecular flexibility index (Phi) is 5.07. The van der Waals surface area contributed by atoms with Crippen LogP contribution in [0.4, 0.5) is 0 Å². The first-order valence-corrected chi connectivity index (χ1v) is 7.37. The SMILES string of the molecule is CO[C@@]1(CCC(N)=O)CCCN(C(=O)c2cncnc2C)C1. The largest absolute Gasteiger partial charge is 0.376 e. The van der Waals surface area contributed by atoms with Crippen LogP contribution in [0.15, 0.2) is 12.5 Å². The van der Waals surface area contributed by atoms with Gasteiger partial charge in [-0.25, -0.2) is 9.97 Å². The molecular weight excluding hydrogens is 284 g/mol. The van der Waals surface area contributed by atoms with Crippen molar-refractivity contribution in [3.05, 3.63) is 23.8 Å². The predicted molar refractivity (Wildman–Crippen MR) is 80.1 cm³/mol. The van der Waals surface area contributed by atoms with E-state index in [1.807, 2.05) is 0 Å². The Hall–Kier alpha value is -2.02. The average molecular weight is 306 g/mol. The van der Waals surface area contributed by atoms with Crippen molar-refractivity contribution in [3.63, 3.8) is 0 Å². The molecule has 1 aromatic heterocycles. The minimum atomic E-state index is -0.507. The van der Waals surface area contributed by atoms with E-state index in [9.17, 15) is 9.59 Å². The highest BCUT2D eigenvalue weighted by molar-refractivity contribution is 5.95. The summed E-state index contributed by atoms with van der Waals surface area (Å²) >= 11 is 0. The van der Waals surface area contributed by atoms with Crippen molar-refractivity contribution in [3.8, 4) is 0 Å². The number of hydrogen-bond acceptors (Lipinski definition) is 5. The molecule has 2 rings (SSSR count).